The molecule has 0 saturated carbocycles. The first-order valence-electron chi connectivity index (χ1n) is 6.58. The van der Waals surface area contributed by atoms with Gasteiger partial charge in [0.05, 0.1) is 7.11 Å². The van der Waals surface area contributed by atoms with Crippen LogP contribution in [-0.2, 0) is 11.2 Å². The zero-order valence-corrected chi connectivity index (χ0v) is 11.5. The smallest absolute Gasteiger partial charge is 0.222 e. The van der Waals surface area contributed by atoms with Gasteiger partial charge in [-0.3, -0.25) is 4.79 Å². The van der Waals surface area contributed by atoms with Gasteiger partial charge in [-0.05, 0) is 30.5 Å². The normalized spacial score (nSPS) is 11.9. The fourth-order valence-electron chi connectivity index (χ4n) is 1.86. The molecule has 0 heterocycles. The lowest BCUT2D eigenvalue weighted by atomic mass is 10.1. The standard InChI is InChI=1S/C15H23NO2/c1-4-5-12(2)15(17)16-11-10-13-6-8-14(18-3)9-7-13/h6-9,12H,4-5,10-11H2,1-3H3,(H,16,17). The van der Waals surface area contributed by atoms with Gasteiger partial charge in [-0.25, -0.2) is 0 Å². The SMILES string of the molecule is CCCC(C)C(=O)NCCc1ccc(OC)cc1. The maximum atomic E-state index is 11.7. The van der Waals surface area contributed by atoms with Gasteiger partial charge in [0, 0.05) is 12.5 Å². The molecule has 0 bridgehead atoms. The van der Waals surface area contributed by atoms with E-state index in [4.69, 9.17) is 4.74 Å². The van der Waals surface area contributed by atoms with Crippen LogP contribution >= 0.6 is 0 Å². The van der Waals surface area contributed by atoms with Crippen molar-refractivity contribution in [1.29, 1.82) is 0 Å². The lowest BCUT2D eigenvalue weighted by Gasteiger charge is -2.11. The van der Waals surface area contributed by atoms with Crippen LogP contribution in [0.1, 0.15) is 32.3 Å². The third kappa shape index (κ3) is 4.78. The number of nitrogens with one attached hydrogen (secondary N) is 1. The second-order valence-corrected chi connectivity index (χ2v) is 4.58. The predicted molar refractivity (Wildman–Crippen MR) is 73.8 cm³/mol. The van der Waals surface area contributed by atoms with E-state index in [0.717, 1.165) is 25.0 Å². The van der Waals surface area contributed by atoms with E-state index in [1.807, 2.05) is 31.2 Å². The van der Waals surface area contributed by atoms with E-state index in [2.05, 4.69) is 12.2 Å². The van der Waals surface area contributed by atoms with Crippen molar-refractivity contribution < 1.29 is 9.53 Å². The topological polar surface area (TPSA) is 38.3 Å². The fourth-order valence-corrected chi connectivity index (χ4v) is 1.86. The van der Waals surface area contributed by atoms with Gasteiger partial charge in [-0.1, -0.05) is 32.4 Å². The molecular formula is C15H23NO2. The summed E-state index contributed by atoms with van der Waals surface area (Å²) in [5.41, 5.74) is 1.21. The van der Waals surface area contributed by atoms with Gasteiger partial charge in [0.25, 0.3) is 0 Å². The summed E-state index contributed by atoms with van der Waals surface area (Å²) >= 11 is 0. The lowest BCUT2D eigenvalue weighted by molar-refractivity contribution is -0.124. The highest BCUT2D eigenvalue weighted by atomic mass is 16.5. The lowest BCUT2D eigenvalue weighted by Crippen LogP contribution is -2.30. The maximum Gasteiger partial charge on any atom is 0.222 e. The summed E-state index contributed by atoms with van der Waals surface area (Å²) in [5.74, 6) is 1.13. The average Bonchev–Trinajstić information content (AvgIpc) is 2.39. The molecule has 1 atom stereocenters. The number of carbonyl (C=O) groups excluding carboxylic acids is 1. The highest BCUT2D eigenvalue weighted by molar-refractivity contribution is 5.78. The Hall–Kier alpha value is -1.51. The van der Waals surface area contributed by atoms with Crippen LogP contribution in [0, 0.1) is 5.92 Å². The molecule has 0 aliphatic carbocycles. The Labute approximate surface area is 110 Å². The molecule has 0 saturated heterocycles. The zero-order chi connectivity index (χ0) is 13.4. The van der Waals surface area contributed by atoms with Crippen LogP contribution in [-0.4, -0.2) is 19.6 Å². The van der Waals surface area contributed by atoms with Crippen LogP contribution < -0.4 is 10.1 Å². The minimum Gasteiger partial charge on any atom is -0.497 e. The van der Waals surface area contributed by atoms with Crippen LogP contribution in [0.5, 0.6) is 5.75 Å². The number of carbonyl (C=O) groups is 1. The molecule has 0 aliphatic rings. The number of rotatable bonds is 7. The van der Waals surface area contributed by atoms with Crippen LogP contribution in [0.4, 0.5) is 0 Å². The molecule has 0 spiro atoms. The molecule has 3 heteroatoms. The van der Waals surface area contributed by atoms with Gasteiger partial charge < -0.3 is 10.1 Å². The average molecular weight is 249 g/mol. The zero-order valence-electron chi connectivity index (χ0n) is 11.5. The molecule has 0 radical (unpaired) electrons. The van der Waals surface area contributed by atoms with E-state index < -0.39 is 0 Å². The first-order chi connectivity index (χ1) is 8.67. The Morgan fingerprint density at radius 2 is 2.00 bits per heavy atom. The minimum absolute atomic E-state index is 0.117. The summed E-state index contributed by atoms with van der Waals surface area (Å²) < 4.78 is 5.10. The van der Waals surface area contributed by atoms with E-state index in [-0.39, 0.29) is 11.8 Å². The van der Waals surface area contributed by atoms with Crippen molar-refractivity contribution in [3.05, 3.63) is 29.8 Å². The summed E-state index contributed by atoms with van der Waals surface area (Å²) in [6, 6.07) is 7.94. The summed E-state index contributed by atoms with van der Waals surface area (Å²) in [6.45, 7) is 4.77. The quantitative estimate of drug-likeness (QED) is 0.807. The molecule has 1 unspecified atom stereocenters. The Kier molecular flexibility index (Phi) is 6.26. The van der Waals surface area contributed by atoms with Crippen molar-refractivity contribution in [3.63, 3.8) is 0 Å². The van der Waals surface area contributed by atoms with Crippen molar-refractivity contribution in [3.8, 4) is 5.75 Å². The molecule has 0 aromatic heterocycles. The molecule has 100 valence electrons. The van der Waals surface area contributed by atoms with Crippen molar-refractivity contribution in [2.45, 2.75) is 33.1 Å². The number of benzene rings is 1. The Bertz CT molecular complexity index is 359. The van der Waals surface area contributed by atoms with Gasteiger partial charge in [-0.15, -0.1) is 0 Å². The largest absolute Gasteiger partial charge is 0.497 e. The fraction of sp³-hybridized carbons (Fsp3) is 0.533. The predicted octanol–water partition coefficient (Wildman–Crippen LogP) is 2.79. The molecule has 0 aliphatic heterocycles. The molecule has 1 aromatic carbocycles. The maximum absolute atomic E-state index is 11.7. The number of methoxy groups -OCH3 is 1. The Morgan fingerprint density at radius 1 is 1.33 bits per heavy atom. The molecule has 0 fully saturated rings. The highest BCUT2D eigenvalue weighted by Crippen LogP contribution is 2.11. The Balaban J connectivity index is 2.30. The first kappa shape index (κ1) is 14.6. The number of hydrogen-bond acceptors (Lipinski definition) is 2. The Morgan fingerprint density at radius 3 is 2.56 bits per heavy atom. The number of hydrogen-bond donors (Lipinski definition) is 1. The molecule has 3 nitrogen and oxygen atoms in total. The van der Waals surface area contributed by atoms with Gasteiger partial charge in [0.15, 0.2) is 0 Å². The van der Waals surface area contributed by atoms with Crippen LogP contribution in [0.15, 0.2) is 24.3 Å². The van der Waals surface area contributed by atoms with E-state index >= 15 is 0 Å². The van der Waals surface area contributed by atoms with Crippen molar-refractivity contribution in [2.75, 3.05) is 13.7 Å². The number of ether oxygens (including phenoxy) is 1. The van der Waals surface area contributed by atoms with Gasteiger partial charge in [0.2, 0.25) is 5.91 Å². The van der Waals surface area contributed by atoms with Crippen LogP contribution in [0.25, 0.3) is 0 Å². The summed E-state index contributed by atoms with van der Waals surface area (Å²) in [5, 5.41) is 2.97. The molecular weight excluding hydrogens is 226 g/mol. The van der Waals surface area contributed by atoms with Gasteiger partial charge >= 0.3 is 0 Å². The second kappa shape index (κ2) is 7.75. The third-order valence-electron chi connectivity index (χ3n) is 3.04. The highest BCUT2D eigenvalue weighted by Gasteiger charge is 2.10. The minimum atomic E-state index is 0.117. The van der Waals surface area contributed by atoms with E-state index in [1.165, 1.54) is 5.56 Å². The summed E-state index contributed by atoms with van der Waals surface area (Å²) in [7, 11) is 1.66. The van der Waals surface area contributed by atoms with Crippen LogP contribution in [0.3, 0.4) is 0 Å². The first-order valence-corrected chi connectivity index (χ1v) is 6.58. The van der Waals surface area contributed by atoms with E-state index in [0.29, 0.717) is 6.54 Å². The monoisotopic (exact) mass is 249 g/mol. The van der Waals surface area contributed by atoms with Gasteiger partial charge in [0.1, 0.15) is 5.75 Å². The van der Waals surface area contributed by atoms with E-state index in [9.17, 15) is 4.79 Å². The molecule has 18 heavy (non-hydrogen) atoms. The van der Waals surface area contributed by atoms with Crippen molar-refractivity contribution in [2.24, 2.45) is 5.92 Å². The van der Waals surface area contributed by atoms with E-state index in [1.54, 1.807) is 7.11 Å². The van der Waals surface area contributed by atoms with Crippen LogP contribution in [0.2, 0.25) is 0 Å². The van der Waals surface area contributed by atoms with Crippen molar-refractivity contribution >= 4 is 5.91 Å². The molecule has 1 N–H and O–H groups in total. The summed E-state index contributed by atoms with van der Waals surface area (Å²) in [6.07, 6.45) is 2.86. The molecule has 1 amide bonds. The third-order valence-corrected chi connectivity index (χ3v) is 3.04. The summed E-state index contributed by atoms with van der Waals surface area (Å²) in [4.78, 5) is 11.7. The molecule has 1 rings (SSSR count). The number of amides is 1. The van der Waals surface area contributed by atoms with Crippen molar-refractivity contribution in [1.82, 2.24) is 5.32 Å². The second-order valence-electron chi connectivity index (χ2n) is 4.58. The van der Waals surface area contributed by atoms with Gasteiger partial charge in [-0.2, -0.15) is 0 Å². The molecule has 1 aromatic rings.